The first-order valence-electron chi connectivity index (χ1n) is 12.2. The largest absolute Gasteiger partial charge is 0.316 e. The summed E-state index contributed by atoms with van der Waals surface area (Å²) >= 11 is 0. The molecular weight excluding hydrogens is 478 g/mol. The van der Waals surface area contributed by atoms with Crippen LogP contribution in [0.1, 0.15) is 0 Å². The molecule has 178 valence electrons. The van der Waals surface area contributed by atoms with E-state index in [1.807, 2.05) is 130 Å². The number of fused-ring (bicyclic) bond motifs is 5. The smallest absolute Gasteiger partial charge is 0.285 e. The average Bonchev–Trinajstić information content (AvgIpc) is 3.52. The third-order valence-corrected chi connectivity index (χ3v) is 9.75. The van der Waals surface area contributed by atoms with Gasteiger partial charge in [0.15, 0.2) is 0 Å². The standard InChI is InChI=1S/C31H21N3O2S/c35-37(36)29-21-11-17-25-24-16-7-8-18-26(24)34(30(25)29)31(37)32(22-12-3-1-4-13-22)27-19-9-10-20-28(27)33(31)23-14-5-2-6-15-23/h1-21H. The van der Waals surface area contributed by atoms with E-state index in [-0.39, 0.29) is 0 Å². The summed E-state index contributed by atoms with van der Waals surface area (Å²) in [5, 5.41) is 0.348. The Balaban J connectivity index is 1.64. The Hall–Kier alpha value is -4.55. The van der Waals surface area contributed by atoms with Crippen LogP contribution in [0.2, 0.25) is 0 Å². The van der Waals surface area contributed by atoms with Crippen LogP contribution in [0.25, 0.3) is 21.8 Å². The van der Waals surface area contributed by atoms with Crippen LogP contribution in [0, 0.1) is 0 Å². The second-order valence-corrected chi connectivity index (χ2v) is 11.4. The van der Waals surface area contributed by atoms with Gasteiger partial charge in [0.1, 0.15) is 0 Å². The van der Waals surface area contributed by atoms with E-state index in [0.29, 0.717) is 4.90 Å². The Morgan fingerprint density at radius 3 is 1.65 bits per heavy atom. The van der Waals surface area contributed by atoms with E-state index in [2.05, 4.69) is 6.07 Å². The van der Waals surface area contributed by atoms with E-state index >= 15 is 8.42 Å². The van der Waals surface area contributed by atoms with Crippen LogP contribution in [0.5, 0.6) is 0 Å². The predicted octanol–water partition coefficient (Wildman–Crippen LogP) is 7.14. The minimum Gasteiger partial charge on any atom is -0.285 e. The predicted molar refractivity (Wildman–Crippen MR) is 148 cm³/mol. The van der Waals surface area contributed by atoms with Crippen LogP contribution in [0.3, 0.4) is 0 Å². The first-order valence-corrected chi connectivity index (χ1v) is 13.7. The molecule has 5 aromatic carbocycles. The number of anilines is 4. The van der Waals surface area contributed by atoms with Crippen LogP contribution in [0.15, 0.2) is 132 Å². The molecule has 0 unspecified atom stereocenters. The number of hydrogen-bond donors (Lipinski definition) is 0. The topological polar surface area (TPSA) is 45.6 Å². The van der Waals surface area contributed by atoms with Gasteiger partial charge in [-0.25, -0.2) is 8.42 Å². The fourth-order valence-corrected chi connectivity index (χ4v) is 8.57. The van der Waals surface area contributed by atoms with Crippen LogP contribution < -0.4 is 9.80 Å². The molecule has 0 fully saturated rings. The highest BCUT2D eigenvalue weighted by atomic mass is 32.2. The van der Waals surface area contributed by atoms with Gasteiger partial charge in [0.2, 0.25) is 9.84 Å². The molecule has 1 aromatic heterocycles. The summed E-state index contributed by atoms with van der Waals surface area (Å²) in [5.41, 5.74) is 4.88. The zero-order chi connectivity index (χ0) is 24.8. The molecule has 2 aliphatic rings. The summed E-state index contributed by atoms with van der Waals surface area (Å²) in [4.78, 5) is 4.34. The SMILES string of the molecule is O=S1(=O)c2cccc3c4ccccc4n(c23)C12N(c1ccccc1)c1ccccc1N2c1ccccc1. The Morgan fingerprint density at radius 2 is 1.03 bits per heavy atom. The Kier molecular flexibility index (Phi) is 3.91. The van der Waals surface area contributed by atoms with Crippen molar-refractivity contribution in [2.75, 3.05) is 9.80 Å². The van der Waals surface area contributed by atoms with Crippen molar-refractivity contribution >= 4 is 54.4 Å². The van der Waals surface area contributed by atoms with Gasteiger partial charge < -0.3 is 0 Å². The molecule has 0 amide bonds. The molecule has 6 aromatic rings. The lowest BCUT2D eigenvalue weighted by Crippen LogP contribution is -2.58. The van der Waals surface area contributed by atoms with Crippen LogP contribution in [-0.4, -0.2) is 13.0 Å². The molecular formula is C31H21N3O2S. The van der Waals surface area contributed by atoms with Crippen molar-refractivity contribution < 1.29 is 8.42 Å². The van der Waals surface area contributed by atoms with Crippen molar-refractivity contribution in [2.24, 2.45) is 0 Å². The highest BCUT2D eigenvalue weighted by molar-refractivity contribution is 7.93. The Bertz CT molecular complexity index is 1900. The van der Waals surface area contributed by atoms with Crippen molar-refractivity contribution in [3.63, 3.8) is 0 Å². The summed E-state index contributed by atoms with van der Waals surface area (Å²) in [6.07, 6.45) is 0. The number of benzene rings is 5. The maximum absolute atomic E-state index is 15.1. The van der Waals surface area contributed by atoms with E-state index in [1.54, 1.807) is 6.07 Å². The van der Waals surface area contributed by atoms with Gasteiger partial charge in [0.05, 0.1) is 27.3 Å². The van der Waals surface area contributed by atoms with E-state index in [9.17, 15) is 0 Å². The third-order valence-electron chi connectivity index (χ3n) is 7.57. The quantitative estimate of drug-likeness (QED) is 0.254. The lowest BCUT2D eigenvalue weighted by molar-refractivity contribution is 0.460. The molecule has 0 aliphatic carbocycles. The van der Waals surface area contributed by atoms with Gasteiger partial charge >= 0.3 is 5.12 Å². The molecule has 0 radical (unpaired) electrons. The monoisotopic (exact) mass is 499 g/mol. The van der Waals surface area contributed by atoms with Gasteiger partial charge in [-0.05, 0) is 48.5 Å². The fourth-order valence-electron chi connectivity index (χ4n) is 6.24. The first kappa shape index (κ1) is 20.6. The number of rotatable bonds is 2. The molecule has 8 rings (SSSR count). The molecule has 2 aliphatic heterocycles. The summed E-state index contributed by atoms with van der Waals surface area (Å²) in [5.74, 6) is 0. The van der Waals surface area contributed by atoms with Crippen LogP contribution >= 0.6 is 0 Å². The Morgan fingerprint density at radius 1 is 0.514 bits per heavy atom. The average molecular weight is 500 g/mol. The van der Waals surface area contributed by atoms with E-state index in [0.717, 1.165) is 44.6 Å². The minimum absolute atomic E-state index is 0.343. The number of para-hydroxylation sites is 6. The summed E-state index contributed by atoms with van der Waals surface area (Å²) in [6, 6.07) is 41.3. The van der Waals surface area contributed by atoms with Crippen molar-refractivity contribution in [1.29, 1.82) is 0 Å². The summed E-state index contributed by atoms with van der Waals surface area (Å²) in [7, 11) is -3.99. The van der Waals surface area contributed by atoms with E-state index < -0.39 is 15.0 Å². The molecule has 0 atom stereocenters. The second-order valence-electron chi connectivity index (χ2n) is 9.41. The van der Waals surface area contributed by atoms with Crippen molar-refractivity contribution in [3.05, 3.63) is 127 Å². The summed E-state index contributed by atoms with van der Waals surface area (Å²) < 4.78 is 32.3. The first-order chi connectivity index (χ1) is 18.2. The second kappa shape index (κ2) is 7.02. The van der Waals surface area contributed by atoms with Crippen LogP contribution in [0.4, 0.5) is 22.7 Å². The van der Waals surface area contributed by atoms with E-state index in [1.165, 1.54) is 0 Å². The van der Waals surface area contributed by atoms with Gasteiger partial charge in [0.25, 0.3) is 0 Å². The highest BCUT2D eigenvalue weighted by Gasteiger charge is 2.66. The molecule has 5 nitrogen and oxygen atoms in total. The maximum atomic E-state index is 15.1. The fraction of sp³-hybridized carbons (Fsp3) is 0.0323. The highest BCUT2D eigenvalue weighted by Crippen LogP contribution is 2.62. The van der Waals surface area contributed by atoms with Gasteiger partial charge in [-0.2, -0.15) is 0 Å². The van der Waals surface area contributed by atoms with E-state index in [4.69, 9.17) is 0 Å². The number of sulfone groups is 1. The van der Waals surface area contributed by atoms with Gasteiger partial charge in [-0.1, -0.05) is 78.9 Å². The zero-order valence-electron chi connectivity index (χ0n) is 19.7. The molecule has 0 saturated carbocycles. The molecule has 3 heterocycles. The normalized spacial score (nSPS) is 16.6. The van der Waals surface area contributed by atoms with Crippen molar-refractivity contribution in [2.45, 2.75) is 10.0 Å². The number of aromatic nitrogens is 1. The molecule has 0 saturated heterocycles. The lowest BCUT2D eigenvalue weighted by Gasteiger charge is -2.43. The zero-order valence-corrected chi connectivity index (χ0v) is 20.5. The number of nitrogens with zero attached hydrogens (tertiary/aromatic N) is 3. The van der Waals surface area contributed by atoms with Gasteiger partial charge in [0, 0.05) is 22.1 Å². The minimum atomic E-state index is -3.99. The van der Waals surface area contributed by atoms with Gasteiger partial charge in [-0.3, -0.25) is 14.4 Å². The number of hydrogen-bond acceptors (Lipinski definition) is 4. The van der Waals surface area contributed by atoms with Crippen molar-refractivity contribution in [3.8, 4) is 0 Å². The molecule has 0 bridgehead atoms. The molecule has 0 N–H and O–H groups in total. The third kappa shape index (κ3) is 2.32. The molecule has 6 heteroatoms. The Labute approximate surface area is 214 Å². The van der Waals surface area contributed by atoms with Gasteiger partial charge in [-0.15, -0.1) is 0 Å². The summed E-state index contributed by atoms with van der Waals surface area (Å²) in [6.45, 7) is 0. The van der Waals surface area contributed by atoms with Crippen LogP contribution in [-0.2, 0) is 15.0 Å². The van der Waals surface area contributed by atoms with Crippen molar-refractivity contribution in [1.82, 2.24) is 4.57 Å². The molecule has 1 spiro atoms. The molecule has 37 heavy (non-hydrogen) atoms. The lowest BCUT2D eigenvalue weighted by atomic mass is 10.1. The maximum Gasteiger partial charge on any atom is 0.316 e.